The minimum absolute atomic E-state index is 0.264. The molecule has 0 fully saturated rings. The molecule has 0 spiro atoms. The Morgan fingerprint density at radius 3 is 2.58 bits per heavy atom. The van der Waals surface area contributed by atoms with Gasteiger partial charge in [0.2, 0.25) is 5.95 Å². The zero-order valence-electron chi connectivity index (χ0n) is 13.8. The highest BCUT2D eigenvalue weighted by Gasteiger charge is 2.29. The van der Waals surface area contributed by atoms with E-state index in [1.807, 2.05) is 12.1 Å². The van der Waals surface area contributed by atoms with Crippen molar-refractivity contribution in [2.75, 3.05) is 5.32 Å². The third-order valence-electron chi connectivity index (χ3n) is 3.72. The van der Waals surface area contributed by atoms with Gasteiger partial charge in [-0.1, -0.05) is 6.07 Å². The molecule has 136 valence electrons. The number of nitrogens with one attached hydrogen (secondary N) is 2. The molecule has 0 aliphatic rings. The predicted octanol–water partition coefficient (Wildman–Crippen LogP) is 3.17. The third kappa shape index (κ3) is 3.99. The van der Waals surface area contributed by atoms with Gasteiger partial charge in [-0.05, 0) is 43.3 Å². The number of rotatable bonds is 6. The standard InChI is InChI=1S/C17H16F3N5O/c1-11(10-26)21-9-14-3-2-4-15-23-16(24-25(14)15)22-13-7-5-12(6-8-13)17(18,19)20/h2-8,10-11,21H,9H2,1H3,(H,22,24)/t11-/m1/s1. The number of halogens is 3. The summed E-state index contributed by atoms with van der Waals surface area (Å²) in [6, 6.07) is 9.76. The minimum atomic E-state index is -4.37. The van der Waals surface area contributed by atoms with Crippen molar-refractivity contribution in [3.05, 3.63) is 53.7 Å². The Hall–Kier alpha value is -2.94. The molecule has 3 aromatic rings. The number of carbonyl (C=O) groups excluding carboxylic acids is 1. The van der Waals surface area contributed by atoms with Crippen LogP contribution in [0.4, 0.5) is 24.8 Å². The van der Waals surface area contributed by atoms with Crippen LogP contribution in [0.5, 0.6) is 0 Å². The monoisotopic (exact) mass is 363 g/mol. The van der Waals surface area contributed by atoms with Crippen LogP contribution in [0.1, 0.15) is 18.2 Å². The first-order valence-electron chi connectivity index (χ1n) is 7.84. The maximum absolute atomic E-state index is 12.6. The Labute approximate surface area is 147 Å². The molecule has 9 heteroatoms. The second kappa shape index (κ2) is 7.12. The van der Waals surface area contributed by atoms with E-state index < -0.39 is 11.7 Å². The summed E-state index contributed by atoms with van der Waals surface area (Å²) < 4.78 is 39.4. The SMILES string of the molecule is C[C@H](C=O)NCc1cccc2nc(Nc3ccc(C(F)(F)F)cc3)nn12. The van der Waals surface area contributed by atoms with Crippen molar-refractivity contribution in [1.82, 2.24) is 19.9 Å². The van der Waals surface area contributed by atoms with Crippen molar-refractivity contribution in [2.24, 2.45) is 0 Å². The van der Waals surface area contributed by atoms with Crippen molar-refractivity contribution in [2.45, 2.75) is 25.7 Å². The Morgan fingerprint density at radius 1 is 1.19 bits per heavy atom. The van der Waals surface area contributed by atoms with Crippen molar-refractivity contribution in [3.8, 4) is 0 Å². The van der Waals surface area contributed by atoms with Gasteiger partial charge >= 0.3 is 6.18 Å². The number of benzene rings is 1. The summed E-state index contributed by atoms with van der Waals surface area (Å²) in [5, 5.41) is 10.3. The fourth-order valence-corrected chi connectivity index (χ4v) is 2.33. The lowest BCUT2D eigenvalue weighted by molar-refractivity contribution is -0.137. The topological polar surface area (TPSA) is 71.3 Å². The molecule has 0 saturated heterocycles. The van der Waals surface area contributed by atoms with Crippen LogP contribution in [0, 0.1) is 0 Å². The average Bonchev–Trinajstić information content (AvgIpc) is 3.02. The highest BCUT2D eigenvalue weighted by molar-refractivity contribution is 5.57. The predicted molar refractivity (Wildman–Crippen MR) is 90.1 cm³/mol. The molecule has 0 radical (unpaired) electrons. The van der Waals surface area contributed by atoms with Gasteiger partial charge in [0.05, 0.1) is 17.3 Å². The van der Waals surface area contributed by atoms with Crippen LogP contribution in [-0.2, 0) is 17.5 Å². The number of alkyl halides is 3. The van der Waals surface area contributed by atoms with Gasteiger partial charge in [-0.15, -0.1) is 5.10 Å². The molecule has 2 heterocycles. The van der Waals surface area contributed by atoms with Crippen molar-refractivity contribution in [1.29, 1.82) is 0 Å². The second-order valence-corrected chi connectivity index (χ2v) is 5.73. The molecule has 26 heavy (non-hydrogen) atoms. The fourth-order valence-electron chi connectivity index (χ4n) is 2.33. The van der Waals surface area contributed by atoms with E-state index in [2.05, 4.69) is 20.7 Å². The first-order valence-corrected chi connectivity index (χ1v) is 7.84. The van der Waals surface area contributed by atoms with E-state index in [0.29, 0.717) is 17.9 Å². The van der Waals surface area contributed by atoms with Gasteiger partial charge < -0.3 is 15.4 Å². The molecule has 0 unspecified atom stereocenters. The average molecular weight is 363 g/mol. The molecule has 0 aliphatic carbocycles. The lowest BCUT2D eigenvalue weighted by atomic mass is 10.2. The van der Waals surface area contributed by atoms with E-state index >= 15 is 0 Å². The largest absolute Gasteiger partial charge is 0.416 e. The maximum Gasteiger partial charge on any atom is 0.416 e. The van der Waals surface area contributed by atoms with E-state index in [9.17, 15) is 18.0 Å². The van der Waals surface area contributed by atoms with Crippen molar-refractivity contribution < 1.29 is 18.0 Å². The summed E-state index contributed by atoms with van der Waals surface area (Å²) >= 11 is 0. The number of hydrogen-bond acceptors (Lipinski definition) is 5. The van der Waals surface area contributed by atoms with Gasteiger partial charge in [0, 0.05) is 12.2 Å². The van der Waals surface area contributed by atoms with Crippen LogP contribution >= 0.6 is 0 Å². The Balaban J connectivity index is 1.80. The molecule has 1 atom stereocenters. The molecule has 0 aliphatic heterocycles. The summed E-state index contributed by atoms with van der Waals surface area (Å²) in [4.78, 5) is 15.0. The molecule has 6 nitrogen and oxygen atoms in total. The van der Waals surface area contributed by atoms with Crippen LogP contribution in [0.25, 0.3) is 5.65 Å². The van der Waals surface area contributed by atoms with Crippen LogP contribution in [0.3, 0.4) is 0 Å². The smallest absolute Gasteiger partial charge is 0.323 e. The quantitative estimate of drug-likeness (QED) is 0.659. The highest BCUT2D eigenvalue weighted by atomic mass is 19.4. The van der Waals surface area contributed by atoms with Crippen molar-refractivity contribution >= 4 is 23.6 Å². The van der Waals surface area contributed by atoms with Gasteiger partial charge in [0.25, 0.3) is 0 Å². The number of aldehydes is 1. The summed E-state index contributed by atoms with van der Waals surface area (Å²) in [5.41, 5.74) is 1.11. The Bertz CT molecular complexity index is 905. The molecular weight excluding hydrogens is 347 g/mol. The number of fused-ring (bicyclic) bond motifs is 1. The number of pyridine rings is 1. The van der Waals surface area contributed by atoms with Crippen LogP contribution in [0.2, 0.25) is 0 Å². The lowest BCUT2D eigenvalue weighted by Crippen LogP contribution is -2.27. The van der Waals surface area contributed by atoms with Crippen molar-refractivity contribution in [3.63, 3.8) is 0 Å². The van der Waals surface area contributed by atoms with Gasteiger partial charge in [-0.3, -0.25) is 0 Å². The van der Waals surface area contributed by atoms with Gasteiger partial charge in [-0.2, -0.15) is 18.2 Å². The molecule has 3 rings (SSSR count). The van der Waals surface area contributed by atoms with Gasteiger partial charge in [0.15, 0.2) is 5.65 Å². The van der Waals surface area contributed by atoms with Crippen LogP contribution < -0.4 is 10.6 Å². The number of nitrogens with zero attached hydrogens (tertiary/aromatic N) is 3. The summed E-state index contributed by atoms with van der Waals surface area (Å²) in [6.07, 6.45) is -3.57. The number of hydrogen-bond donors (Lipinski definition) is 2. The zero-order valence-corrected chi connectivity index (χ0v) is 13.8. The first kappa shape index (κ1) is 17.9. The molecule has 1 aromatic carbocycles. The molecule has 2 N–H and O–H groups in total. The van der Waals surface area contributed by atoms with E-state index in [1.54, 1.807) is 17.5 Å². The molecule has 0 saturated carbocycles. The summed E-state index contributed by atoms with van der Waals surface area (Å²) in [6.45, 7) is 2.16. The normalized spacial score (nSPS) is 12.9. The third-order valence-corrected chi connectivity index (χ3v) is 3.72. The van der Waals surface area contributed by atoms with E-state index in [1.165, 1.54) is 12.1 Å². The van der Waals surface area contributed by atoms with Crippen LogP contribution in [0.15, 0.2) is 42.5 Å². The van der Waals surface area contributed by atoms with Crippen LogP contribution in [-0.4, -0.2) is 26.9 Å². The number of aromatic nitrogens is 3. The summed E-state index contributed by atoms with van der Waals surface area (Å²) in [7, 11) is 0. The Kier molecular flexibility index (Phi) is 4.90. The van der Waals surface area contributed by atoms with E-state index in [-0.39, 0.29) is 12.0 Å². The van der Waals surface area contributed by atoms with Gasteiger partial charge in [0.1, 0.15) is 6.29 Å². The minimum Gasteiger partial charge on any atom is -0.323 e. The van der Waals surface area contributed by atoms with Gasteiger partial charge in [-0.25, -0.2) is 4.52 Å². The Morgan fingerprint density at radius 2 is 1.92 bits per heavy atom. The fraction of sp³-hybridized carbons (Fsp3) is 0.235. The number of anilines is 2. The molecule has 0 amide bonds. The first-order chi connectivity index (χ1) is 12.4. The summed E-state index contributed by atoms with van der Waals surface area (Å²) in [5.74, 6) is 0.264. The molecule has 2 aromatic heterocycles. The number of carbonyl (C=O) groups is 1. The maximum atomic E-state index is 12.6. The lowest BCUT2D eigenvalue weighted by Gasteiger charge is -2.08. The highest BCUT2D eigenvalue weighted by Crippen LogP contribution is 2.30. The second-order valence-electron chi connectivity index (χ2n) is 5.73. The molecular formula is C17H16F3N5O. The van der Waals surface area contributed by atoms with E-state index in [0.717, 1.165) is 24.1 Å². The van der Waals surface area contributed by atoms with E-state index in [4.69, 9.17) is 0 Å². The molecule has 0 bridgehead atoms. The zero-order chi connectivity index (χ0) is 18.7.